The van der Waals surface area contributed by atoms with E-state index >= 15 is 0 Å². The number of benzene rings is 2. The predicted octanol–water partition coefficient (Wildman–Crippen LogP) is 3.98. The van der Waals surface area contributed by atoms with Crippen molar-refractivity contribution in [3.05, 3.63) is 52.8 Å². The summed E-state index contributed by atoms with van der Waals surface area (Å²) in [7, 11) is 0. The van der Waals surface area contributed by atoms with E-state index in [1.54, 1.807) is 6.07 Å². The van der Waals surface area contributed by atoms with E-state index in [1.165, 1.54) is 12.1 Å². The maximum Gasteiger partial charge on any atom is 0.163 e. The lowest BCUT2D eigenvalue weighted by atomic mass is 10.1. The molecule has 0 radical (unpaired) electrons. The highest BCUT2D eigenvalue weighted by atomic mass is 35.5. The van der Waals surface area contributed by atoms with Crippen LogP contribution in [-0.2, 0) is 0 Å². The third-order valence-corrected chi connectivity index (χ3v) is 3.62. The van der Waals surface area contributed by atoms with Gasteiger partial charge in [-0.05, 0) is 36.8 Å². The van der Waals surface area contributed by atoms with E-state index in [2.05, 4.69) is 9.97 Å². The fourth-order valence-electron chi connectivity index (χ4n) is 2.06. The molecule has 0 saturated carbocycles. The Morgan fingerprint density at radius 1 is 1.15 bits per heavy atom. The van der Waals surface area contributed by atoms with Gasteiger partial charge in [-0.2, -0.15) is 0 Å². The Labute approximate surface area is 120 Å². The van der Waals surface area contributed by atoms with Crippen LogP contribution in [0.5, 0.6) is 0 Å². The van der Waals surface area contributed by atoms with Crippen LogP contribution in [-0.4, -0.2) is 9.97 Å². The Balaban J connectivity index is 2.28. The first-order chi connectivity index (χ1) is 9.56. The molecule has 0 aliphatic carbocycles. The quantitative estimate of drug-likeness (QED) is 0.736. The minimum absolute atomic E-state index is 0.238. The van der Waals surface area contributed by atoms with Crippen LogP contribution in [0.15, 0.2) is 36.4 Å². The van der Waals surface area contributed by atoms with Gasteiger partial charge in [0.15, 0.2) is 5.82 Å². The minimum Gasteiger partial charge on any atom is -0.383 e. The second-order valence-electron chi connectivity index (χ2n) is 4.53. The second kappa shape index (κ2) is 4.72. The molecule has 0 spiro atoms. The Hall–Kier alpha value is -2.20. The summed E-state index contributed by atoms with van der Waals surface area (Å²) < 4.78 is 13.2. The molecule has 100 valence electrons. The van der Waals surface area contributed by atoms with E-state index in [4.69, 9.17) is 17.3 Å². The number of nitrogen functional groups attached to an aromatic ring is 1. The number of aryl methyl sites for hydroxylation is 1. The first kappa shape index (κ1) is 12.8. The van der Waals surface area contributed by atoms with Gasteiger partial charge < -0.3 is 5.73 Å². The van der Waals surface area contributed by atoms with Crippen LogP contribution in [0.4, 0.5) is 10.2 Å². The van der Waals surface area contributed by atoms with Crippen molar-refractivity contribution in [1.29, 1.82) is 0 Å². The molecule has 1 heterocycles. The summed E-state index contributed by atoms with van der Waals surface area (Å²) in [5.41, 5.74) is 8.13. The zero-order valence-corrected chi connectivity index (χ0v) is 11.4. The van der Waals surface area contributed by atoms with Crippen molar-refractivity contribution in [2.45, 2.75) is 6.92 Å². The first-order valence-corrected chi connectivity index (χ1v) is 6.42. The average molecular weight is 288 g/mol. The van der Waals surface area contributed by atoms with Gasteiger partial charge in [-0.3, -0.25) is 0 Å². The highest BCUT2D eigenvalue weighted by molar-refractivity contribution is 6.34. The van der Waals surface area contributed by atoms with Crippen molar-refractivity contribution in [3.63, 3.8) is 0 Å². The molecule has 0 aliphatic rings. The van der Waals surface area contributed by atoms with Gasteiger partial charge in [0, 0.05) is 10.9 Å². The van der Waals surface area contributed by atoms with Gasteiger partial charge in [0.2, 0.25) is 0 Å². The van der Waals surface area contributed by atoms with Crippen LogP contribution in [0.25, 0.3) is 22.3 Å². The molecule has 0 aliphatic heterocycles. The number of halogens is 2. The third kappa shape index (κ3) is 2.08. The summed E-state index contributed by atoms with van der Waals surface area (Å²) >= 11 is 6.28. The molecule has 2 aromatic carbocycles. The zero-order chi connectivity index (χ0) is 14.3. The highest BCUT2D eigenvalue weighted by Crippen LogP contribution is 2.30. The number of fused-ring (bicyclic) bond motifs is 1. The van der Waals surface area contributed by atoms with Crippen molar-refractivity contribution in [3.8, 4) is 11.4 Å². The van der Waals surface area contributed by atoms with Crippen molar-refractivity contribution < 1.29 is 4.39 Å². The molecule has 3 aromatic rings. The normalized spacial score (nSPS) is 10.9. The number of hydrogen-bond donors (Lipinski definition) is 1. The lowest BCUT2D eigenvalue weighted by Gasteiger charge is -2.08. The third-order valence-electron chi connectivity index (χ3n) is 3.12. The second-order valence-corrected chi connectivity index (χ2v) is 4.91. The fraction of sp³-hybridized carbons (Fsp3) is 0.0667. The molecule has 0 fully saturated rings. The Kier molecular flexibility index (Phi) is 3.03. The Bertz CT molecular complexity index is 818. The summed E-state index contributed by atoms with van der Waals surface area (Å²) in [4.78, 5) is 8.64. The van der Waals surface area contributed by atoms with E-state index in [0.717, 1.165) is 5.56 Å². The average Bonchev–Trinajstić information content (AvgIpc) is 2.42. The lowest BCUT2D eigenvalue weighted by Crippen LogP contribution is -1.99. The van der Waals surface area contributed by atoms with Gasteiger partial charge in [-0.25, -0.2) is 14.4 Å². The highest BCUT2D eigenvalue weighted by Gasteiger charge is 2.12. The van der Waals surface area contributed by atoms with Gasteiger partial charge in [0.05, 0.1) is 10.5 Å². The van der Waals surface area contributed by atoms with Crippen LogP contribution in [0.1, 0.15) is 5.56 Å². The van der Waals surface area contributed by atoms with Crippen LogP contribution in [0, 0.1) is 12.7 Å². The number of anilines is 1. The molecule has 0 unspecified atom stereocenters. The standard InChI is InChI=1S/C15H11ClFN3/c1-8-3-2-4-10(13(8)16)15-19-12-6-5-9(17)7-11(12)14(18)20-15/h2-7H,1H3,(H2,18,19,20). The van der Waals surface area contributed by atoms with Gasteiger partial charge in [0.25, 0.3) is 0 Å². The van der Waals surface area contributed by atoms with Crippen LogP contribution in [0.2, 0.25) is 5.02 Å². The van der Waals surface area contributed by atoms with Gasteiger partial charge in [-0.1, -0.05) is 23.7 Å². The molecule has 0 atom stereocenters. The van der Waals surface area contributed by atoms with Gasteiger partial charge >= 0.3 is 0 Å². The molecule has 0 bridgehead atoms. The molecule has 0 amide bonds. The maximum atomic E-state index is 13.2. The maximum absolute atomic E-state index is 13.2. The molecule has 5 heteroatoms. The smallest absolute Gasteiger partial charge is 0.163 e. The predicted molar refractivity (Wildman–Crippen MR) is 79.1 cm³/mol. The van der Waals surface area contributed by atoms with Gasteiger partial charge in [0.1, 0.15) is 11.6 Å². The van der Waals surface area contributed by atoms with Crippen molar-refractivity contribution in [2.24, 2.45) is 0 Å². The van der Waals surface area contributed by atoms with E-state index < -0.39 is 0 Å². The molecule has 2 N–H and O–H groups in total. The largest absolute Gasteiger partial charge is 0.383 e. The topological polar surface area (TPSA) is 51.8 Å². The number of nitrogens with zero attached hydrogens (tertiary/aromatic N) is 2. The first-order valence-electron chi connectivity index (χ1n) is 6.04. The Morgan fingerprint density at radius 2 is 1.95 bits per heavy atom. The number of nitrogens with two attached hydrogens (primary N) is 1. The SMILES string of the molecule is Cc1cccc(-c2nc(N)c3cc(F)ccc3n2)c1Cl. The van der Waals surface area contributed by atoms with Crippen molar-refractivity contribution in [2.75, 3.05) is 5.73 Å². The molecule has 3 rings (SSSR count). The number of rotatable bonds is 1. The summed E-state index contributed by atoms with van der Waals surface area (Å²) in [5, 5.41) is 1.09. The monoisotopic (exact) mass is 287 g/mol. The van der Waals surface area contributed by atoms with E-state index in [0.29, 0.717) is 27.3 Å². The molecule has 3 nitrogen and oxygen atoms in total. The van der Waals surface area contributed by atoms with Crippen LogP contribution in [0.3, 0.4) is 0 Å². The molecule has 20 heavy (non-hydrogen) atoms. The Morgan fingerprint density at radius 3 is 2.75 bits per heavy atom. The fourth-order valence-corrected chi connectivity index (χ4v) is 2.28. The van der Waals surface area contributed by atoms with E-state index in [1.807, 2.05) is 25.1 Å². The van der Waals surface area contributed by atoms with Crippen molar-refractivity contribution >= 4 is 28.3 Å². The minimum atomic E-state index is -0.367. The molecule has 1 aromatic heterocycles. The summed E-state index contributed by atoms with van der Waals surface area (Å²) in [6.07, 6.45) is 0. The van der Waals surface area contributed by atoms with E-state index in [9.17, 15) is 4.39 Å². The number of aromatic nitrogens is 2. The van der Waals surface area contributed by atoms with Crippen LogP contribution < -0.4 is 5.73 Å². The zero-order valence-electron chi connectivity index (χ0n) is 10.7. The van der Waals surface area contributed by atoms with Crippen LogP contribution >= 0.6 is 11.6 Å². The molecule has 0 saturated heterocycles. The molecular formula is C15H11ClFN3. The molecular weight excluding hydrogens is 277 g/mol. The number of hydrogen-bond acceptors (Lipinski definition) is 3. The summed E-state index contributed by atoms with van der Waals surface area (Å²) in [6.45, 7) is 1.91. The van der Waals surface area contributed by atoms with Gasteiger partial charge in [-0.15, -0.1) is 0 Å². The summed E-state index contributed by atoms with van der Waals surface area (Å²) in [6, 6.07) is 9.87. The lowest BCUT2D eigenvalue weighted by molar-refractivity contribution is 0.629. The van der Waals surface area contributed by atoms with Crippen molar-refractivity contribution in [1.82, 2.24) is 9.97 Å². The summed E-state index contributed by atoms with van der Waals surface area (Å²) in [5.74, 6) is 0.312. The van der Waals surface area contributed by atoms with E-state index in [-0.39, 0.29) is 11.6 Å².